The molecule has 0 radical (unpaired) electrons. The fourth-order valence-electron chi connectivity index (χ4n) is 3.31. The number of benzene rings is 1. The van der Waals surface area contributed by atoms with Gasteiger partial charge in [-0.1, -0.05) is 5.16 Å². The number of hydrogen-bond donors (Lipinski definition) is 1. The van der Waals surface area contributed by atoms with Gasteiger partial charge in [0.1, 0.15) is 23.7 Å². The van der Waals surface area contributed by atoms with Crippen LogP contribution in [0.15, 0.2) is 35.0 Å². The monoisotopic (exact) mass is 456 g/mol. The zero-order valence-corrected chi connectivity index (χ0v) is 18.5. The second-order valence-corrected chi connectivity index (χ2v) is 8.61. The maximum Gasteiger partial charge on any atom is 0.410 e. The lowest BCUT2D eigenvalue weighted by Crippen LogP contribution is -2.44. The van der Waals surface area contributed by atoms with Crippen LogP contribution in [0, 0.1) is 10.1 Å². The van der Waals surface area contributed by atoms with Gasteiger partial charge in [0, 0.05) is 31.5 Å². The Bertz CT molecular complexity index is 1120. The molecule has 3 heterocycles. The molecule has 1 amide bonds. The van der Waals surface area contributed by atoms with Crippen LogP contribution in [0.4, 0.5) is 10.6 Å². The molecule has 1 saturated heterocycles. The Balaban J connectivity index is 1.33. The molecule has 1 aromatic carbocycles. The minimum absolute atomic E-state index is 0.000980. The first-order valence-electron chi connectivity index (χ1n) is 10.5. The summed E-state index contributed by atoms with van der Waals surface area (Å²) in [5.41, 5.74) is 0.180. The molecule has 1 aliphatic heterocycles. The predicted octanol–water partition coefficient (Wildman–Crippen LogP) is 3.81. The van der Waals surface area contributed by atoms with E-state index < -0.39 is 10.5 Å². The molecule has 0 spiro atoms. The maximum atomic E-state index is 12.2. The van der Waals surface area contributed by atoms with Gasteiger partial charge in [-0.05, 0) is 50.0 Å². The fraction of sp³-hybridized carbons (Fsp3) is 0.429. The van der Waals surface area contributed by atoms with E-state index in [9.17, 15) is 14.9 Å². The Labute approximate surface area is 189 Å². The molecule has 33 heavy (non-hydrogen) atoms. The van der Waals surface area contributed by atoms with Crippen molar-refractivity contribution in [1.82, 2.24) is 25.0 Å². The number of carbonyl (C=O) groups excluding carboxylic acids is 1. The van der Waals surface area contributed by atoms with Crippen LogP contribution in [-0.4, -0.2) is 60.8 Å². The molecule has 0 saturated carbocycles. The Morgan fingerprint density at radius 2 is 1.94 bits per heavy atom. The molecule has 174 valence electrons. The summed E-state index contributed by atoms with van der Waals surface area (Å²) in [4.78, 5) is 34.7. The summed E-state index contributed by atoms with van der Waals surface area (Å²) in [7, 11) is 0. The Morgan fingerprint density at radius 1 is 1.24 bits per heavy atom. The largest absolute Gasteiger partial charge is 0.490 e. The molecular weight excluding hydrogens is 432 g/mol. The van der Waals surface area contributed by atoms with Crippen molar-refractivity contribution in [2.24, 2.45) is 0 Å². The van der Waals surface area contributed by atoms with Crippen molar-refractivity contribution in [2.75, 3.05) is 13.1 Å². The number of ether oxygens (including phenoxy) is 2. The number of carbonyl (C=O) groups is 1. The summed E-state index contributed by atoms with van der Waals surface area (Å²) >= 11 is 0. The van der Waals surface area contributed by atoms with E-state index >= 15 is 0 Å². The third-order valence-corrected chi connectivity index (χ3v) is 4.90. The van der Waals surface area contributed by atoms with Gasteiger partial charge in [-0.2, -0.15) is 4.98 Å². The van der Waals surface area contributed by atoms with E-state index in [0.29, 0.717) is 43.1 Å². The van der Waals surface area contributed by atoms with Crippen molar-refractivity contribution in [3.8, 4) is 28.9 Å². The smallest absolute Gasteiger partial charge is 0.410 e. The molecule has 3 aromatic rings. The molecule has 0 aliphatic carbocycles. The summed E-state index contributed by atoms with van der Waals surface area (Å²) in [5, 5.41) is 14.7. The zero-order chi connectivity index (χ0) is 23.6. The lowest BCUT2D eigenvalue weighted by molar-refractivity contribution is -0.389. The number of nitrogens with zero attached hydrogens (tertiary/aromatic N) is 5. The maximum absolute atomic E-state index is 12.2. The van der Waals surface area contributed by atoms with E-state index in [-0.39, 0.29) is 29.7 Å². The van der Waals surface area contributed by atoms with Crippen molar-refractivity contribution in [1.29, 1.82) is 0 Å². The number of nitro groups is 1. The van der Waals surface area contributed by atoms with Crippen molar-refractivity contribution >= 4 is 11.9 Å². The zero-order valence-electron chi connectivity index (χ0n) is 18.5. The van der Waals surface area contributed by atoms with Crippen molar-refractivity contribution in [2.45, 2.75) is 45.3 Å². The normalized spacial score (nSPS) is 14.8. The van der Waals surface area contributed by atoms with Gasteiger partial charge in [-0.3, -0.25) is 0 Å². The number of nitrogens with one attached hydrogen (secondary N) is 1. The molecule has 1 N–H and O–H groups in total. The number of H-pyrrole nitrogens is 1. The standard InChI is InChI=1S/C21H24N6O6/c1-21(2,3)32-20(28)26-10-8-15(9-11-26)31-14-6-4-13(5-7-14)17-24-19(33-25-17)18-22-12-16(23-18)27(29)30/h4-7,12,15H,8-11H2,1-3H3,(H,22,23). The Kier molecular flexibility index (Phi) is 5.99. The van der Waals surface area contributed by atoms with Gasteiger partial charge in [-0.15, -0.1) is 0 Å². The van der Waals surface area contributed by atoms with Crippen LogP contribution in [0.1, 0.15) is 33.6 Å². The molecule has 0 unspecified atom stereocenters. The lowest BCUT2D eigenvalue weighted by Gasteiger charge is -2.33. The van der Waals surface area contributed by atoms with E-state index in [0.717, 1.165) is 6.20 Å². The number of imidazole rings is 1. The first-order valence-corrected chi connectivity index (χ1v) is 10.5. The van der Waals surface area contributed by atoms with E-state index in [1.165, 1.54) is 0 Å². The van der Waals surface area contributed by atoms with E-state index in [4.69, 9.17) is 14.0 Å². The molecular formula is C21H24N6O6. The first kappa shape index (κ1) is 22.2. The SMILES string of the molecule is CC(C)(C)OC(=O)N1CCC(Oc2ccc(-c3noc(-c4ncc([N+](=O)[O-])[nH]4)n3)cc2)CC1. The van der Waals surface area contributed by atoms with Gasteiger partial charge in [0.25, 0.3) is 5.82 Å². The van der Waals surface area contributed by atoms with E-state index in [1.807, 2.05) is 32.9 Å². The third kappa shape index (κ3) is 5.45. The highest BCUT2D eigenvalue weighted by Crippen LogP contribution is 2.25. The number of aromatic amines is 1. The summed E-state index contributed by atoms with van der Waals surface area (Å²) in [6.45, 7) is 6.71. The minimum Gasteiger partial charge on any atom is -0.490 e. The predicted molar refractivity (Wildman–Crippen MR) is 115 cm³/mol. The second kappa shape index (κ2) is 8.88. The lowest BCUT2D eigenvalue weighted by atomic mass is 10.1. The van der Waals surface area contributed by atoms with Crippen LogP contribution < -0.4 is 4.74 Å². The second-order valence-electron chi connectivity index (χ2n) is 8.61. The number of rotatable bonds is 5. The Morgan fingerprint density at radius 3 is 2.55 bits per heavy atom. The number of likely N-dealkylation sites (tertiary alicyclic amines) is 1. The van der Waals surface area contributed by atoms with Gasteiger partial charge in [-0.25, -0.2) is 14.8 Å². The summed E-state index contributed by atoms with van der Waals surface area (Å²) < 4.78 is 16.6. The number of amides is 1. The van der Waals surface area contributed by atoms with Crippen LogP contribution in [0.2, 0.25) is 0 Å². The van der Waals surface area contributed by atoms with E-state index in [1.54, 1.807) is 17.0 Å². The van der Waals surface area contributed by atoms with Crippen LogP contribution in [-0.2, 0) is 4.74 Å². The van der Waals surface area contributed by atoms with Crippen molar-refractivity contribution < 1.29 is 23.7 Å². The third-order valence-electron chi connectivity index (χ3n) is 4.90. The van der Waals surface area contributed by atoms with E-state index in [2.05, 4.69) is 20.1 Å². The fourth-order valence-corrected chi connectivity index (χ4v) is 3.31. The Hall–Kier alpha value is -3.96. The molecule has 4 rings (SSSR count). The average Bonchev–Trinajstić information content (AvgIpc) is 3.43. The van der Waals surface area contributed by atoms with Crippen molar-refractivity contribution in [3.05, 3.63) is 40.6 Å². The van der Waals surface area contributed by atoms with Gasteiger partial charge in [0.05, 0.1) is 0 Å². The number of aromatic nitrogens is 4. The van der Waals surface area contributed by atoms with Gasteiger partial charge < -0.3 is 29.0 Å². The topological polar surface area (TPSA) is 150 Å². The molecule has 2 aromatic heterocycles. The summed E-state index contributed by atoms with van der Waals surface area (Å²) in [6, 6.07) is 7.21. The number of hydrogen-bond acceptors (Lipinski definition) is 9. The van der Waals surface area contributed by atoms with Gasteiger partial charge >= 0.3 is 17.8 Å². The minimum atomic E-state index is -0.589. The average molecular weight is 456 g/mol. The first-order chi connectivity index (χ1) is 15.7. The molecule has 1 aliphatic rings. The molecule has 0 atom stereocenters. The van der Waals surface area contributed by atoms with Gasteiger partial charge in [0.2, 0.25) is 5.82 Å². The van der Waals surface area contributed by atoms with Crippen LogP contribution >= 0.6 is 0 Å². The van der Waals surface area contributed by atoms with Crippen LogP contribution in [0.3, 0.4) is 0 Å². The number of piperidine rings is 1. The summed E-state index contributed by atoms with van der Waals surface area (Å²) in [6.07, 6.45) is 2.22. The molecule has 12 nitrogen and oxygen atoms in total. The molecule has 1 fully saturated rings. The van der Waals surface area contributed by atoms with Gasteiger partial charge in [0.15, 0.2) is 0 Å². The summed E-state index contributed by atoms with van der Waals surface area (Å²) in [5.74, 6) is 0.928. The van der Waals surface area contributed by atoms with Crippen molar-refractivity contribution in [3.63, 3.8) is 0 Å². The highest BCUT2D eigenvalue weighted by atomic mass is 16.6. The van der Waals surface area contributed by atoms with Crippen LogP contribution in [0.5, 0.6) is 5.75 Å². The highest BCUT2D eigenvalue weighted by Gasteiger charge is 2.27. The quantitative estimate of drug-likeness (QED) is 0.446. The molecule has 0 bridgehead atoms. The highest BCUT2D eigenvalue weighted by molar-refractivity contribution is 5.68. The van der Waals surface area contributed by atoms with Crippen LogP contribution in [0.25, 0.3) is 23.1 Å². The molecule has 12 heteroatoms.